The molecule has 0 bridgehead atoms. The van der Waals surface area contributed by atoms with Crippen molar-refractivity contribution in [3.8, 4) is 5.75 Å². The minimum atomic E-state index is -0.843. The summed E-state index contributed by atoms with van der Waals surface area (Å²) in [6, 6.07) is 9.11. The predicted octanol–water partition coefficient (Wildman–Crippen LogP) is 3.58. The molecular weight excluding hydrogens is 362 g/mol. The van der Waals surface area contributed by atoms with Crippen LogP contribution in [0.25, 0.3) is 0 Å². The first-order chi connectivity index (χ1) is 12.5. The van der Waals surface area contributed by atoms with E-state index >= 15 is 0 Å². The fourth-order valence-corrected chi connectivity index (χ4v) is 3.21. The maximum absolute atomic E-state index is 13.8. The van der Waals surface area contributed by atoms with Gasteiger partial charge in [0.25, 0.3) is 5.91 Å². The van der Waals surface area contributed by atoms with E-state index in [9.17, 15) is 13.6 Å². The van der Waals surface area contributed by atoms with Gasteiger partial charge in [0, 0.05) is 43.3 Å². The molecule has 0 aromatic heterocycles. The minimum absolute atomic E-state index is 0.152. The molecule has 0 saturated carbocycles. The Labute approximate surface area is 155 Å². The van der Waals surface area contributed by atoms with Crippen molar-refractivity contribution in [3.05, 3.63) is 64.2 Å². The molecule has 1 aliphatic heterocycles. The van der Waals surface area contributed by atoms with E-state index in [1.54, 1.807) is 29.2 Å². The van der Waals surface area contributed by atoms with Crippen molar-refractivity contribution >= 4 is 17.5 Å². The van der Waals surface area contributed by atoms with Gasteiger partial charge in [0.1, 0.15) is 5.75 Å². The Morgan fingerprint density at radius 3 is 2.58 bits per heavy atom. The van der Waals surface area contributed by atoms with E-state index in [4.69, 9.17) is 16.3 Å². The van der Waals surface area contributed by atoms with Crippen LogP contribution < -0.4 is 4.74 Å². The lowest BCUT2D eigenvalue weighted by atomic mass is 10.1. The smallest absolute Gasteiger partial charge is 0.257 e. The third-order valence-corrected chi connectivity index (χ3v) is 4.71. The summed E-state index contributed by atoms with van der Waals surface area (Å²) in [7, 11) is 1.51. The quantitative estimate of drug-likeness (QED) is 0.812. The number of carbonyl (C=O) groups excluding carboxylic acids is 1. The molecule has 1 fully saturated rings. The molecular formula is C19H19ClF2N2O2. The molecule has 7 heteroatoms. The number of halogens is 3. The molecule has 1 aliphatic rings. The van der Waals surface area contributed by atoms with Gasteiger partial charge in [-0.15, -0.1) is 0 Å². The van der Waals surface area contributed by atoms with Crippen LogP contribution in [0.5, 0.6) is 5.75 Å². The van der Waals surface area contributed by atoms with Gasteiger partial charge in [-0.3, -0.25) is 9.69 Å². The summed E-state index contributed by atoms with van der Waals surface area (Å²) >= 11 is 6.00. The third-order valence-electron chi connectivity index (χ3n) is 4.48. The van der Waals surface area contributed by atoms with Crippen molar-refractivity contribution in [2.75, 3.05) is 33.3 Å². The summed E-state index contributed by atoms with van der Waals surface area (Å²) in [6.07, 6.45) is 0. The highest BCUT2D eigenvalue weighted by molar-refractivity contribution is 6.31. The van der Waals surface area contributed by atoms with Gasteiger partial charge in [0.2, 0.25) is 0 Å². The average Bonchev–Trinajstić information content (AvgIpc) is 2.65. The highest BCUT2D eigenvalue weighted by Gasteiger charge is 2.25. The number of hydrogen-bond donors (Lipinski definition) is 0. The zero-order valence-electron chi connectivity index (χ0n) is 14.3. The van der Waals surface area contributed by atoms with Crippen LogP contribution in [0.3, 0.4) is 0 Å². The number of nitrogens with zero attached hydrogens (tertiary/aromatic N) is 2. The topological polar surface area (TPSA) is 32.8 Å². The van der Waals surface area contributed by atoms with Crippen molar-refractivity contribution in [3.63, 3.8) is 0 Å². The van der Waals surface area contributed by atoms with Crippen molar-refractivity contribution in [1.82, 2.24) is 9.80 Å². The number of piperazine rings is 1. The minimum Gasteiger partial charge on any atom is -0.496 e. The van der Waals surface area contributed by atoms with E-state index in [2.05, 4.69) is 0 Å². The molecule has 1 amide bonds. The first-order valence-corrected chi connectivity index (χ1v) is 8.65. The second kappa shape index (κ2) is 8.01. The lowest BCUT2D eigenvalue weighted by molar-refractivity contribution is 0.0623. The van der Waals surface area contributed by atoms with E-state index in [0.717, 1.165) is 6.07 Å². The fraction of sp³-hybridized carbons (Fsp3) is 0.316. The van der Waals surface area contributed by atoms with Crippen LogP contribution in [-0.4, -0.2) is 49.0 Å². The van der Waals surface area contributed by atoms with Crippen molar-refractivity contribution in [1.29, 1.82) is 0 Å². The lowest BCUT2D eigenvalue weighted by Crippen LogP contribution is -2.48. The number of amides is 1. The van der Waals surface area contributed by atoms with Crippen molar-refractivity contribution in [2.24, 2.45) is 0 Å². The Hall–Kier alpha value is -2.18. The van der Waals surface area contributed by atoms with E-state index in [1.807, 2.05) is 4.90 Å². The Kier molecular flexibility index (Phi) is 5.74. The monoisotopic (exact) mass is 380 g/mol. The normalized spacial score (nSPS) is 15.2. The summed E-state index contributed by atoms with van der Waals surface area (Å²) in [6.45, 7) is 2.44. The zero-order chi connectivity index (χ0) is 18.7. The Bertz CT molecular complexity index is 808. The van der Waals surface area contributed by atoms with Crippen LogP contribution in [0, 0.1) is 11.6 Å². The highest BCUT2D eigenvalue weighted by Crippen LogP contribution is 2.25. The standard InChI is InChI=1S/C19H19ClF2N2O2/c1-26-17-6-5-14(20)11-15(17)19(25)24-9-7-23(8-10-24)12-13-3-2-4-16(21)18(13)22/h2-6,11H,7-10,12H2,1H3. The Morgan fingerprint density at radius 2 is 1.88 bits per heavy atom. The SMILES string of the molecule is COc1ccc(Cl)cc1C(=O)N1CCN(Cc2cccc(F)c2F)CC1. The van der Waals surface area contributed by atoms with Gasteiger partial charge in [0.15, 0.2) is 11.6 Å². The molecule has 4 nitrogen and oxygen atoms in total. The molecule has 0 aliphatic carbocycles. The molecule has 0 spiro atoms. The van der Waals surface area contributed by atoms with Crippen molar-refractivity contribution < 1.29 is 18.3 Å². The maximum Gasteiger partial charge on any atom is 0.257 e. The average molecular weight is 381 g/mol. The second-order valence-corrected chi connectivity index (χ2v) is 6.56. The van der Waals surface area contributed by atoms with E-state index in [1.165, 1.54) is 13.2 Å². The van der Waals surface area contributed by atoms with Gasteiger partial charge in [-0.2, -0.15) is 0 Å². The van der Waals surface area contributed by atoms with Crippen molar-refractivity contribution in [2.45, 2.75) is 6.54 Å². The number of methoxy groups -OCH3 is 1. The number of carbonyl (C=O) groups is 1. The molecule has 0 radical (unpaired) electrons. The van der Waals surface area contributed by atoms with Gasteiger partial charge in [-0.05, 0) is 24.3 Å². The lowest BCUT2D eigenvalue weighted by Gasteiger charge is -2.35. The first kappa shape index (κ1) is 18.6. The summed E-state index contributed by atoms with van der Waals surface area (Å²) < 4.78 is 32.4. The molecule has 0 atom stereocenters. The number of hydrogen-bond acceptors (Lipinski definition) is 3. The highest BCUT2D eigenvalue weighted by atomic mass is 35.5. The third kappa shape index (κ3) is 3.97. The molecule has 3 rings (SSSR count). The van der Waals surface area contributed by atoms with Crippen LogP contribution in [0.2, 0.25) is 5.02 Å². The van der Waals surface area contributed by atoms with Crippen LogP contribution in [-0.2, 0) is 6.54 Å². The van der Waals surface area contributed by atoms with Gasteiger partial charge >= 0.3 is 0 Å². The van der Waals surface area contributed by atoms with E-state index in [-0.39, 0.29) is 5.91 Å². The van der Waals surface area contributed by atoms with Crippen LogP contribution in [0.1, 0.15) is 15.9 Å². The number of ether oxygens (including phenoxy) is 1. The predicted molar refractivity (Wildman–Crippen MR) is 95.5 cm³/mol. The summed E-state index contributed by atoms with van der Waals surface area (Å²) in [5.74, 6) is -1.33. The molecule has 1 saturated heterocycles. The fourth-order valence-electron chi connectivity index (χ4n) is 3.04. The van der Waals surface area contributed by atoms with Gasteiger partial charge < -0.3 is 9.64 Å². The summed E-state index contributed by atoms with van der Waals surface area (Å²) in [5.41, 5.74) is 0.742. The molecule has 138 valence electrons. The van der Waals surface area contributed by atoms with Gasteiger partial charge in [-0.25, -0.2) is 8.78 Å². The van der Waals surface area contributed by atoms with Gasteiger partial charge in [-0.1, -0.05) is 23.7 Å². The Morgan fingerprint density at radius 1 is 1.15 bits per heavy atom. The molecule has 1 heterocycles. The molecule has 26 heavy (non-hydrogen) atoms. The Balaban J connectivity index is 1.64. The first-order valence-electron chi connectivity index (χ1n) is 8.27. The molecule has 0 N–H and O–H groups in total. The molecule has 0 unspecified atom stereocenters. The van der Waals surface area contributed by atoms with E-state index < -0.39 is 11.6 Å². The van der Waals surface area contributed by atoms with Crippen LogP contribution >= 0.6 is 11.6 Å². The molecule has 2 aromatic rings. The second-order valence-electron chi connectivity index (χ2n) is 6.13. The van der Waals surface area contributed by atoms with Gasteiger partial charge in [0.05, 0.1) is 12.7 Å². The van der Waals surface area contributed by atoms with Crippen LogP contribution in [0.4, 0.5) is 8.78 Å². The van der Waals surface area contributed by atoms with E-state index in [0.29, 0.717) is 54.6 Å². The largest absolute Gasteiger partial charge is 0.496 e. The zero-order valence-corrected chi connectivity index (χ0v) is 15.1. The summed E-state index contributed by atoms with van der Waals surface area (Å²) in [5, 5.41) is 0.467. The number of rotatable bonds is 4. The summed E-state index contributed by atoms with van der Waals surface area (Å²) in [4.78, 5) is 16.5. The maximum atomic E-state index is 13.8. The van der Waals surface area contributed by atoms with Crippen LogP contribution in [0.15, 0.2) is 36.4 Å². The molecule has 2 aromatic carbocycles. The number of benzene rings is 2.